The number of hydrogen-bond donors (Lipinski definition) is 1. The Bertz CT molecular complexity index is 67.5. The molecule has 0 aliphatic carbocycles. The van der Waals surface area contributed by atoms with Crippen LogP contribution in [0.15, 0.2) is 0 Å². The molecule has 1 rings (SSSR count). The monoisotopic (exact) mass is 171 g/mol. The third kappa shape index (κ3) is 9.96. The van der Waals surface area contributed by atoms with Crippen molar-refractivity contribution in [3.05, 3.63) is 0 Å². The lowest BCUT2D eigenvalue weighted by Gasteiger charge is -1.98. The van der Waals surface area contributed by atoms with E-state index in [1.165, 1.54) is 45.2 Å². The first-order valence-corrected chi connectivity index (χ1v) is 5.48. The van der Waals surface area contributed by atoms with E-state index in [0.29, 0.717) is 0 Å². The van der Waals surface area contributed by atoms with Gasteiger partial charge in [0.1, 0.15) is 0 Å². The van der Waals surface area contributed by atoms with E-state index in [2.05, 4.69) is 26.1 Å². The van der Waals surface area contributed by atoms with Gasteiger partial charge in [-0.3, -0.25) is 0 Å². The van der Waals surface area contributed by atoms with Crippen LogP contribution in [0.5, 0.6) is 0 Å². The lowest BCUT2D eigenvalue weighted by molar-refractivity contribution is 0.550. The first-order chi connectivity index (χ1) is 5.77. The average Bonchev–Trinajstić information content (AvgIpc) is 2.57. The second-order valence-electron chi connectivity index (χ2n) is 3.99. The molecular formula is C11H25N. The number of unbranched alkanes of at least 4 members (excludes halogenated alkanes) is 1. The van der Waals surface area contributed by atoms with E-state index in [9.17, 15) is 0 Å². The van der Waals surface area contributed by atoms with Gasteiger partial charge in [0.15, 0.2) is 0 Å². The lowest BCUT2D eigenvalue weighted by Crippen LogP contribution is -2.03. The molecule has 0 bridgehead atoms. The fourth-order valence-corrected chi connectivity index (χ4v) is 1.24. The summed E-state index contributed by atoms with van der Waals surface area (Å²) >= 11 is 0. The van der Waals surface area contributed by atoms with Crippen molar-refractivity contribution in [2.75, 3.05) is 13.1 Å². The maximum atomic E-state index is 3.22. The Kier molecular flexibility index (Phi) is 9.02. The highest BCUT2D eigenvalue weighted by molar-refractivity contribution is 4.55. The summed E-state index contributed by atoms with van der Waals surface area (Å²) in [6.45, 7) is 9.29. The number of hydrogen-bond acceptors (Lipinski definition) is 1. The molecule has 12 heavy (non-hydrogen) atoms. The SMILES string of the molecule is C1CCNC1.CCCCC(C)C. The maximum Gasteiger partial charge on any atom is -0.00484 e. The fraction of sp³-hybridized carbons (Fsp3) is 1.00. The minimum Gasteiger partial charge on any atom is -0.317 e. The van der Waals surface area contributed by atoms with Crippen molar-refractivity contribution in [2.45, 2.75) is 52.9 Å². The zero-order chi connectivity index (χ0) is 9.23. The van der Waals surface area contributed by atoms with Gasteiger partial charge in [0, 0.05) is 0 Å². The predicted octanol–water partition coefficient (Wildman–Crippen LogP) is 3.20. The Labute approximate surface area is 77.9 Å². The fourth-order valence-electron chi connectivity index (χ4n) is 1.24. The van der Waals surface area contributed by atoms with E-state index in [1.54, 1.807) is 0 Å². The van der Waals surface area contributed by atoms with Crippen LogP contribution >= 0.6 is 0 Å². The molecular weight excluding hydrogens is 146 g/mol. The molecule has 1 aliphatic rings. The minimum absolute atomic E-state index is 0.903. The molecule has 0 spiro atoms. The minimum atomic E-state index is 0.903. The predicted molar refractivity (Wildman–Crippen MR) is 56.5 cm³/mol. The summed E-state index contributed by atoms with van der Waals surface area (Å²) in [5.41, 5.74) is 0. The summed E-state index contributed by atoms with van der Waals surface area (Å²) in [7, 11) is 0. The molecule has 0 aromatic rings. The van der Waals surface area contributed by atoms with Gasteiger partial charge in [-0.05, 0) is 31.8 Å². The van der Waals surface area contributed by atoms with E-state index < -0.39 is 0 Å². The normalized spacial score (nSPS) is 16.0. The van der Waals surface area contributed by atoms with Crippen molar-refractivity contribution in [1.82, 2.24) is 5.32 Å². The summed E-state index contributed by atoms with van der Waals surface area (Å²) in [6, 6.07) is 0. The van der Waals surface area contributed by atoms with Crippen molar-refractivity contribution in [2.24, 2.45) is 5.92 Å². The Morgan fingerprint density at radius 2 is 1.75 bits per heavy atom. The summed E-state index contributed by atoms with van der Waals surface area (Å²) in [4.78, 5) is 0. The van der Waals surface area contributed by atoms with Crippen molar-refractivity contribution >= 4 is 0 Å². The van der Waals surface area contributed by atoms with E-state index in [1.807, 2.05) is 0 Å². The van der Waals surface area contributed by atoms with E-state index in [-0.39, 0.29) is 0 Å². The van der Waals surface area contributed by atoms with Crippen molar-refractivity contribution in [3.8, 4) is 0 Å². The largest absolute Gasteiger partial charge is 0.317 e. The van der Waals surface area contributed by atoms with Crippen LogP contribution in [0, 0.1) is 5.92 Å². The van der Waals surface area contributed by atoms with Crippen LogP contribution in [0.1, 0.15) is 52.9 Å². The van der Waals surface area contributed by atoms with E-state index in [4.69, 9.17) is 0 Å². The standard InChI is InChI=1S/C7H16.C4H9N/c1-4-5-6-7(2)3;1-2-4-5-3-1/h7H,4-6H2,1-3H3;5H,1-4H2. The highest BCUT2D eigenvalue weighted by Gasteiger charge is 1.93. The van der Waals surface area contributed by atoms with Crippen LogP contribution < -0.4 is 5.32 Å². The lowest BCUT2D eigenvalue weighted by atomic mass is 10.1. The van der Waals surface area contributed by atoms with Crippen molar-refractivity contribution in [3.63, 3.8) is 0 Å². The van der Waals surface area contributed by atoms with Crippen LogP contribution in [0.4, 0.5) is 0 Å². The molecule has 1 N–H and O–H groups in total. The van der Waals surface area contributed by atoms with E-state index in [0.717, 1.165) is 5.92 Å². The Morgan fingerprint density at radius 1 is 1.17 bits per heavy atom. The van der Waals surface area contributed by atoms with Crippen molar-refractivity contribution < 1.29 is 0 Å². The summed E-state index contributed by atoms with van der Waals surface area (Å²) in [6.07, 6.45) is 6.92. The molecule has 0 saturated carbocycles. The van der Waals surface area contributed by atoms with Crippen molar-refractivity contribution in [1.29, 1.82) is 0 Å². The van der Waals surface area contributed by atoms with Gasteiger partial charge in [-0.2, -0.15) is 0 Å². The zero-order valence-corrected chi connectivity index (χ0v) is 9.03. The summed E-state index contributed by atoms with van der Waals surface area (Å²) in [5.74, 6) is 0.903. The van der Waals surface area contributed by atoms with Gasteiger partial charge >= 0.3 is 0 Å². The molecule has 0 unspecified atom stereocenters. The first kappa shape index (κ1) is 12.0. The third-order valence-electron chi connectivity index (χ3n) is 2.09. The van der Waals surface area contributed by atoms with Gasteiger partial charge < -0.3 is 5.32 Å². The van der Waals surface area contributed by atoms with Gasteiger partial charge in [0.25, 0.3) is 0 Å². The van der Waals surface area contributed by atoms with Gasteiger partial charge in [-0.25, -0.2) is 0 Å². The Morgan fingerprint density at radius 3 is 1.92 bits per heavy atom. The molecule has 0 atom stereocenters. The van der Waals surface area contributed by atoms with Gasteiger partial charge in [0.2, 0.25) is 0 Å². The molecule has 1 heterocycles. The Hall–Kier alpha value is -0.0400. The topological polar surface area (TPSA) is 12.0 Å². The smallest absolute Gasteiger partial charge is 0.00484 e. The molecule has 1 fully saturated rings. The second kappa shape index (κ2) is 9.05. The highest BCUT2D eigenvalue weighted by atomic mass is 14.9. The second-order valence-corrected chi connectivity index (χ2v) is 3.99. The molecule has 0 aromatic heterocycles. The number of rotatable bonds is 3. The van der Waals surface area contributed by atoms with Crippen LogP contribution in [0.3, 0.4) is 0 Å². The van der Waals surface area contributed by atoms with Crippen LogP contribution in [0.2, 0.25) is 0 Å². The summed E-state index contributed by atoms with van der Waals surface area (Å²) in [5, 5.41) is 3.22. The molecule has 0 aromatic carbocycles. The average molecular weight is 171 g/mol. The molecule has 1 aliphatic heterocycles. The van der Waals surface area contributed by atoms with Gasteiger partial charge in [-0.15, -0.1) is 0 Å². The molecule has 0 radical (unpaired) electrons. The molecule has 0 amide bonds. The molecule has 74 valence electrons. The third-order valence-corrected chi connectivity index (χ3v) is 2.09. The maximum absolute atomic E-state index is 3.22. The quantitative estimate of drug-likeness (QED) is 0.687. The Balaban J connectivity index is 0.000000211. The van der Waals surface area contributed by atoms with Crippen LogP contribution in [-0.4, -0.2) is 13.1 Å². The molecule has 1 nitrogen and oxygen atoms in total. The zero-order valence-electron chi connectivity index (χ0n) is 9.03. The number of nitrogens with one attached hydrogen (secondary N) is 1. The first-order valence-electron chi connectivity index (χ1n) is 5.48. The summed E-state index contributed by atoms with van der Waals surface area (Å²) < 4.78 is 0. The van der Waals surface area contributed by atoms with Gasteiger partial charge in [-0.1, -0.05) is 40.0 Å². The van der Waals surface area contributed by atoms with Crippen LogP contribution in [0.25, 0.3) is 0 Å². The molecule has 1 heteroatoms. The van der Waals surface area contributed by atoms with E-state index >= 15 is 0 Å². The van der Waals surface area contributed by atoms with Gasteiger partial charge in [0.05, 0.1) is 0 Å². The van der Waals surface area contributed by atoms with Crippen LogP contribution in [-0.2, 0) is 0 Å². The molecule has 1 saturated heterocycles. The highest BCUT2D eigenvalue weighted by Crippen LogP contribution is 2.04.